The standard InChI is InChI=1S/2C14H16F7O2.Mn/c2*1-10(2)6-4-5-11(10,3)8(22)7(6)9(23)12(15,16)13(17,18)14(19,20)21;/h2*6-8H,4-5H2,1-3H3;/q2*-1;+2. The summed E-state index contributed by atoms with van der Waals surface area (Å²) in [7, 11) is 0. The Balaban J connectivity index is 0.000000320. The number of alkyl halides is 14. The van der Waals surface area contributed by atoms with Crippen molar-refractivity contribution in [1.29, 1.82) is 0 Å². The number of halogens is 14. The van der Waals surface area contributed by atoms with E-state index in [0.717, 1.165) is 0 Å². The van der Waals surface area contributed by atoms with Crippen LogP contribution < -0.4 is 10.2 Å². The van der Waals surface area contributed by atoms with Crippen molar-refractivity contribution in [3.63, 3.8) is 0 Å². The van der Waals surface area contributed by atoms with Gasteiger partial charge in [0.25, 0.3) is 0 Å². The fourth-order valence-corrected chi connectivity index (χ4v) is 8.34. The van der Waals surface area contributed by atoms with Gasteiger partial charge in [-0.25, -0.2) is 0 Å². The maximum Gasteiger partial charge on any atom is 2.00 e. The van der Waals surface area contributed by atoms with Gasteiger partial charge >= 0.3 is 53.1 Å². The molecule has 8 atom stereocenters. The van der Waals surface area contributed by atoms with Gasteiger partial charge in [-0.05, 0) is 59.2 Å². The number of hydrogen-bond donors (Lipinski definition) is 0. The first kappa shape index (κ1) is 42.0. The molecule has 0 saturated heterocycles. The van der Waals surface area contributed by atoms with Gasteiger partial charge in [0.05, 0.1) is 0 Å². The maximum absolute atomic E-state index is 13.7. The molecule has 0 N–H and O–H groups in total. The molecule has 0 amide bonds. The fraction of sp³-hybridized carbons (Fsp3) is 0.929. The van der Waals surface area contributed by atoms with E-state index >= 15 is 0 Å². The number of carbonyl (C=O) groups excluding carboxylic acids is 2. The van der Waals surface area contributed by atoms with Gasteiger partial charge in [0, 0.05) is 11.8 Å². The van der Waals surface area contributed by atoms with Gasteiger partial charge in [-0.1, -0.05) is 41.5 Å². The van der Waals surface area contributed by atoms with Crippen molar-refractivity contribution >= 4 is 11.6 Å². The van der Waals surface area contributed by atoms with Crippen molar-refractivity contribution in [2.24, 2.45) is 45.3 Å². The van der Waals surface area contributed by atoms with Gasteiger partial charge in [-0.15, -0.1) is 12.2 Å². The summed E-state index contributed by atoms with van der Waals surface area (Å²) in [5.41, 5.74) is -3.96. The van der Waals surface area contributed by atoms with Crippen molar-refractivity contribution in [3.8, 4) is 0 Å². The summed E-state index contributed by atoms with van der Waals surface area (Å²) in [6.45, 7) is 9.17. The fourth-order valence-electron chi connectivity index (χ4n) is 8.34. The van der Waals surface area contributed by atoms with Crippen LogP contribution in [0, 0.1) is 45.3 Å². The van der Waals surface area contributed by atoms with Crippen LogP contribution in [0.5, 0.6) is 0 Å². The van der Waals surface area contributed by atoms with Crippen molar-refractivity contribution in [3.05, 3.63) is 0 Å². The van der Waals surface area contributed by atoms with Crippen LogP contribution in [-0.2, 0) is 26.7 Å². The number of ketones is 2. The second-order valence-corrected chi connectivity index (χ2v) is 14.5. The Morgan fingerprint density at radius 3 is 0.936 bits per heavy atom. The van der Waals surface area contributed by atoms with E-state index in [1.165, 1.54) is 13.8 Å². The molecule has 1 radical (unpaired) electrons. The SMILES string of the molecule is CC1(C)C2CCC1(C)C([O-])C2C(=O)C(F)(F)C(F)(F)C(F)(F)F.CC1(C)C2CCC1(C)C([O-])C2C(=O)C(F)(F)C(F)(F)C(F)(F)F.[Mn+2]. The van der Waals surface area contributed by atoms with E-state index in [9.17, 15) is 81.3 Å². The molecule has 4 aliphatic carbocycles. The topological polar surface area (TPSA) is 80.3 Å². The third-order valence-electron chi connectivity index (χ3n) is 12.2. The third kappa shape index (κ3) is 5.27. The van der Waals surface area contributed by atoms with Crippen LogP contribution in [0.4, 0.5) is 61.5 Å². The average molecular weight is 753 g/mol. The summed E-state index contributed by atoms with van der Waals surface area (Å²) >= 11 is 0. The molecule has 19 heteroatoms. The van der Waals surface area contributed by atoms with Crippen molar-refractivity contribution in [2.45, 2.75) is 115 Å². The molecule has 8 unspecified atom stereocenters. The molecular weight excluding hydrogens is 721 g/mol. The molecule has 4 nitrogen and oxygen atoms in total. The predicted octanol–water partition coefficient (Wildman–Crippen LogP) is 6.38. The van der Waals surface area contributed by atoms with Crippen LogP contribution in [-0.4, -0.2) is 59.8 Å². The zero-order valence-corrected chi connectivity index (χ0v) is 26.8. The first-order chi connectivity index (χ1) is 20.1. The van der Waals surface area contributed by atoms with Gasteiger partial charge in [0.15, 0.2) is 0 Å². The Labute approximate surface area is 270 Å². The summed E-state index contributed by atoms with van der Waals surface area (Å²) in [4.78, 5) is 23.7. The summed E-state index contributed by atoms with van der Waals surface area (Å²) in [5.74, 6) is -36.1. The quantitative estimate of drug-likeness (QED) is 0.233. The van der Waals surface area contributed by atoms with Gasteiger partial charge < -0.3 is 10.2 Å². The van der Waals surface area contributed by atoms with Crippen molar-refractivity contribution in [2.75, 3.05) is 0 Å². The smallest absolute Gasteiger partial charge is 0.851 e. The molecule has 4 saturated carbocycles. The summed E-state index contributed by atoms with van der Waals surface area (Å²) in [5, 5.41) is 24.7. The average Bonchev–Trinajstić information content (AvgIpc) is 3.37. The molecule has 273 valence electrons. The molecule has 4 fully saturated rings. The molecule has 0 aromatic heterocycles. The molecule has 0 heterocycles. The number of hydrogen-bond acceptors (Lipinski definition) is 4. The molecular formula is C28H32F14MnO4. The Bertz CT molecular complexity index is 1150. The third-order valence-corrected chi connectivity index (χ3v) is 12.2. The normalized spacial score (nSPS) is 36.5. The molecule has 47 heavy (non-hydrogen) atoms. The summed E-state index contributed by atoms with van der Waals surface area (Å²) < 4.78 is 180. The second kappa shape index (κ2) is 11.4. The molecule has 4 rings (SSSR count). The predicted molar refractivity (Wildman–Crippen MR) is 126 cm³/mol. The van der Waals surface area contributed by atoms with E-state index in [-0.39, 0.29) is 29.9 Å². The summed E-state index contributed by atoms with van der Waals surface area (Å²) in [6, 6.07) is 0. The molecule has 0 spiro atoms. The Morgan fingerprint density at radius 2 is 0.766 bits per heavy atom. The molecule has 4 aliphatic rings. The van der Waals surface area contributed by atoms with E-state index < -0.39 is 105 Å². The van der Waals surface area contributed by atoms with Gasteiger partial charge in [-0.3, -0.25) is 9.59 Å². The Kier molecular flexibility index (Phi) is 10.2. The van der Waals surface area contributed by atoms with E-state index in [2.05, 4.69) is 0 Å². The molecule has 0 aliphatic heterocycles. The van der Waals surface area contributed by atoms with E-state index in [0.29, 0.717) is 12.8 Å². The molecule has 4 bridgehead atoms. The van der Waals surface area contributed by atoms with Gasteiger partial charge in [0.2, 0.25) is 11.6 Å². The Morgan fingerprint density at radius 1 is 0.532 bits per heavy atom. The largest absolute Gasteiger partial charge is 2.00 e. The zero-order valence-electron chi connectivity index (χ0n) is 25.6. The van der Waals surface area contributed by atoms with E-state index in [1.807, 2.05) is 0 Å². The monoisotopic (exact) mass is 753 g/mol. The van der Waals surface area contributed by atoms with Crippen LogP contribution in [0.3, 0.4) is 0 Å². The van der Waals surface area contributed by atoms with E-state index in [1.54, 1.807) is 27.7 Å². The van der Waals surface area contributed by atoms with Crippen LogP contribution in [0.15, 0.2) is 0 Å². The number of fused-ring (bicyclic) bond motifs is 4. The Hall–Kier alpha value is -1.20. The van der Waals surface area contributed by atoms with Crippen molar-refractivity contribution < 1.29 is 98.3 Å². The van der Waals surface area contributed by atoms with Crippen LogP contribution >= 0.6 is 0 Å². The molecule has 0 aromatic rings. The van der Waals surface area contributed by atoms with Gasteiger partial charge in [-0.2, -0.15) is 61.5 Å². The van der Waals surface area contributed by atoms with Crippen molar-refractivity contribution in [1.82, 2.24) is 0 Å². The molecule has 0 aromatic carbocycles. The summed E-state index contributed by atoms with van der Waals surface area (Å²) in [6.07, 6.45) is -16.0. The minimum Gasteiger partial charge on any atom is -0.851 e. The number of Topliss-reactive ketones (excluding diaryl/α,β-unsaturated/α-hetero) is 2. The van der Waals surface area contributed by atoms with Crippen LogP contribution in [0.25, 0.3) is 0 Å². The van der Waals surface area contributed by atoms with E-state index in [4.69, 9.17) is 0 Å². The maximum atomic E-state index is 13.7. The van der Waals surface area contributed by atoms with Gasteiger partial charge in [0.1, 0.15) is 0 Å². The first-order valence-electron chi connectivity index (χ1n) is 14.1. The number of rotatable bonds is 6. The number of carbonyl (C=O) groups is 2. The zero-order chi connectivity index (χ0) is 36.4. The second-order valence-electron chi connectivity index (χ2n) is 14.5. The first-order valence-corrected chi connectivity index (χ1v) is 14.1. The minimum atomic E-state index is -6.58. The minimum absolute atomic E-state index is 0. The van der Waals surface area contributed by atoms with Crippen LogP contribution in [0.2, 0.25) is 0 Å². The van der Waals surface area contributed by atoms with Crippen LogP contribution in [0.1, 0.15) is 67.2 Å².